The fourth-order valence-electron chi connectivity index (χ4n) is 4.31. The number of halogens is 4. The van der Waals surface area contributed by atoms with Gasteiger partial charge in [-0.1, -0.05) is 18.2 Å². The van der Waals surface area contributed by atoms with E-state index in [9.17, 15) is 27.2 Å². The lowest BCUT2D eigenvalue weighted by Crippen LogP contribution is -2.39. The van der Waals surface area contributed by atoms with E-state index in [0.717, 1.165) is 34.7 Å². The molecule has 3 aromatic rings. The smallest absolute Gasteiger partial charge is 0.416 e. The topological polar surface area (TPSA) is 71.4 Å². The van der Waals surface area contributed by atoms with Crippen LogP contribution in [0.2, 0.25) is 0 Å². The molecular weight excluding hydrogens is 506 g/mol. The van der Waals surface area contributed by atoms with Gasteiger partial charge in [-0.25, -0.2) is 9.40 Å². The first-order valence-corrected chi connectivity index (χ1v) is 11.6. The fourth-order valence-corrected chi connectivity index (χ4v) is 4.31. The van der Waals surface area contributed by atoms with E-state index in [4.69, 9.17) is 9.47 Å². The first-order valence-electron chi connectivity index (χ1n) is 11.6. The van der Waals surface area contributed by atoms with E-state index in [1.807, 2.05) is 0 Å². The lowest BCUT2D eigenvalue weighted by molar-refractivity contribution is -0.137. The third-order valence-corrected chi connectivity index (χ3v) is 6.30. The number of ether oxygens (including phenoxy) is 2. The number of rotatable bonds is 5. The number of carbonyl (C=O) groups excluding carboxylic acids is 2. The molecule has 0 saturated heterocycles. The second kappa shape index (κ2) is 9.81. The minimum Gasteiger partial charge on any atom is -0.454 e. The van der Waals surface area contributed by atoms with Gasteiger partial charge in [-0.3, -0.25) is 9.59 Å². The summed E-state index contributed by atoms with van der Waals surface area (Å²) >= 11 is 0. The highest BCUT2D eigenvalue weighted by molar-refractivity contribution is 6.03. The maximum absolute atomic E-state index is 13.5. The first kappa shape index (κ1) is 25.2. The molecule has 0 aromatic heterocycles. The van der Waals surface area contributed by atoms with Crippen LogP contribution >= 0.6 is 0 Å². The molecule has 2 heterocycles. The van der Waals surface area contributed by atoms with Crippen LogP contribution in [-0.4, -0.2) is 47.8 Å². The SMILES string of the molecule is CN(CC(=O)N1N=C(c2ccc(F)cc2)C[C@@H]1c1ccc2c(c1)OCO2)C(=O)c1ccc(C(F)(F)F)cc1. The number of likely N-dealkylation sites (N-methyl/N-ethyl adjacent to an activating group) is 1. The number of amides is 2. The zero-order chi connectivity index (χ0) is 27.0. The molecule has 1 atom stereocenters. The van der Waals surface area contributed by atoms with Gasteiger partial charge in [0.05, 0.1) is 17.3 Å². The Labute approximate surface area is 214 Å². The highest BCUT2D eigenvalue weighted by atomic mass is 19.4. The van der Waals surface area contributed by atoms with E-state index < -0.39 is 35.4 Å². The molecule has 0 bridgehead atoms. The van der Waals surface area contributed by atoms with Gasteiger partial charge in [-0.2, -0.15) is 18.3 Å². The second-order valence-electron chi connectivity index (χ2n) is 8.86. The van der Waals surface area contributed by atoms with Crippen molar-refractivity contribution in [2.75, 3.05) is 20.4 Å². The predicted molar refractivity (Wildman–Crippen MR) is 128 cm³/mol. The molecule has 5 rings (SSSR count). The fraction of sp³-hybridized carbons (Fsp3) is 0.222. The average molecular weight is 527 g/mol. The van der Waals surface area contributed by atoms with Crippen LogP contribution < -0.4 is 9.47 Å². The van der Waals surface area contributed by atoms with Gasteiger partial charge in [0, 0.05) is 19.0 Å². The highest BCUT2D eigenvalue weighted by Gasteiger charge is 2.35. The largest absolute Gasteiger partial charge is 0.454 e. The van der Waals surface area contributed by atoms with Crippen LogP contribution in [-0.2, 0) is 11.0 Å². The van der Waals surface area contributed by atoms with E-state index in [2.05, 4.69) is 5.10 Å². The minimum absolute atomic E-state index is 0.0116. The molecule has 11 heteroatoms. The lowest BCUT2D eigenvalue weighted by atomic mass is 9.98. The Hall–Kier alpha value is -4.41. The Morgan fingerprint density at radius 1 is 1.00 bits per heavy atom. The van der Waals surface area contributed by atoms with Crippen LogP contribution in [0.1, 0.15) is 39.5 Å². The van der Waals surface area contributed by atoms with Crippen LogP contribution in [0.25, 0.3) is 0 Å². The number of hydrazone groups is 1. The zero-order valence-corrected chi connectivity index (χ0v) is 20.0. The van der Waals surface area contributed by atoms with Gasteiger partial charge in [0.2, 0.25) is 6.79 Å². The van der Waals surface area contributed by atoms with Gasteiger partial charge in [0.1, 0.15) is 12.4 Å². The third kappa shape index (κ3) is 5.04. The number of benzene rings is 3. The summed E-state index contributed by atoms with van der Waals surface area (Å²) in [6.07, 6.45) is -4.20. The summed E-state index contributed by atoms with van der Waals surface area (Å²) in [5.74, 6) is -0.428. The van der Waals surface area contributed by atoms with Crippen molar-refractivity contribution in [2.24, 2.45) is 5.10 Å². The molecule has 0 radical (unpaired) electrons. The molecule has 2 aliphatic rings. The summed E-state index contributed by atoms with van der Waals surface area (Å²) in [5, 5.41) is 5.78. The van der Waals surface area contributed by atoms with Gasteiger partial charge in [0.25, 0.3) is 11.8 Å². The summed E-state index contributed by atoms with van der Waals surface area (Å²) in [6, 6.07) is 14.3. The van der Waals surface area contributed by atoms with Gasteiger partial charge in [0.15, 0.2) is 11.5 Å². The molecule has 3 aromatic carbocycles. The first-order chi connectivity index (χ1) is 18.1. The Morgan fingerprint density at radius 3 is 2.37 bits per heavy atom. The van der Waals surface area contributed by atoms with Gasteiger partial charge >= 0.3 is 6.18 Å². The maximum Gasteiger partial charge on any atom is 0.416 e. The number of nitrogens with zero attached hydrogens (tertiary/aromatic N) is 3. The van der Waals surface area contributed by atoms with E-state index in [0.29, 0.717) is 29.2 Å². The Balaban J connectivity index is 1.38. The number of carbonyl (C=O) groups is 2. The van der Waals surface area contributed by atoms with Crippen molar-refractivity contribution in [2.45, 2.75) is 18.6 Å². The van der Waals surface area contributed by atoms with Gasteiger partial charge in [-0.05, 0) is 59.7 Å². The number of alkyl halides is 3. The van der Waals surface area contributed by atoms with Crippen molar-refractivity contribution in [1.82, 2.24) is 9.91 Å². The molecule has 196 valence electrons. The van der Waals surface area contributed by atoms with E-state index in [1.165, 1.54) is 24.2 Å². The van der Waals surface area contributed by atoms with Crippen molar-refractivity contribution in [3.8, 4) is 11.5 Å². The molecular formula is C27H21F4N3O4. The molecule has 7 nitrogen and oxygen atoms in total. The van der Waals surface area contributed by atoms with Crippen LogP contribution in [0.15, 0.2) is 71.8 Å². The molecule has 0 saturated carbocycles. The Kier molecular flexibility index (Phi) is 6.52. The van der Waals surface area contributed by atoms with Crippen molar-refractivity contribution >= 4 is 17.5 Å². The minimum atomic E-state index is -4.52. The average Bonchev–Trinajstić information content (AvgIpc) is 3.55. The van der Waals surface area contributed by atoms with Crippen molar-refractivity contribution in [1.29, 1.82) is 0 Å². The molecule has 38 heavy (non-hydrogen) atoms. The zero-order valence-electron chi connectivity index (χ0n) is 20.0. The number of hydrogen-bond donors (Lipinski definition) is 0. The molecule has 0 fully saturated rings. The van der Waals surface area contributed by atoms with Gasteiger partial charge < -0.3 is 14.4 Å². The summed E-state index contributed by atoms with van der Waals surface area (Å²) in [6.45, 7) is -0.290. The molecule has 0 N–H and O–H groups in total. The Morgan fingerprint density at radius 2 is 1.68 bits per heavy atom. The monoisotopic (exact) mass is 527 g/mol. The van der Waals surface area contributed by atoms with E-state index in [1.54, 1.807) is 30.3 Å². The molecule has 0 unspecified atom stereocenters. The normalized spacial score (nSPS) is 16.4. The molecule has 2 amide bonds. The number of fused-ring (bicyclic) bond motifs is 1. The maximum atomic E-state index is 13.5. The van der Waals surface area contributed by atoms with Crippen molar-refractivity contribution in [3.05, 3.63) is 94.8 Å². The third-order valence-electron chi connectivity index (χ3n) is 6.30. The summed E-state index contributed by atoms with van der Waals surface area (Å²) in [4.78, 5) is 27.3. The molecule has 0 aliphatic carbocycles. The quantitative estimate of drug-likeness (QED) is 0.437. The highest BCUT2D eigenvalue weighted by Crippen LogP contribution is 2.39. The van der Waals surface area contributed by atoms with Crippen LogP contribution in [0.4, 0.5) is 17.6 Å². The van der Waals surface area contributed by atoms with Crippen LogP contribution in [0.3, 0.4) is 0 Å². The standard InChI is InChI=1S/C27H21F4N3O4/c1-33(26(36)17-2-7-19(8-3-17)27(29,30)31)14-25(35)34-22(18-6-11-23-24(12-18)38-15-37-23)13-21(32-34)16-4-9-20(28)10-5-16/h2-12,22H,13-15H2,1H3/t22-/m1/s1. The predicted octanol–water partition coefficient (Wildman–Crippen LogP) is 5.02. The van der Waals surface area contributed by atoms with Crippen molar-refractivity contribution < 1.29 is 36.6 Å². The molecule has 0 spiro atoms. The molecule has 2 aliphatic heterocycles. The summed E-state index contributed by atoms with van der Waals surface area (Å²) < 4.78 is 62.9. The number of hydrogen-bond acceptors (Lipinski definition) is 5. The van der Waals surface area contributed by atoms with E-state index in [-0.39, 0.29) is 18.9 Å². The van der Waals surface area contributed by atoms with E-state index >= 15 is 0 Å². The van der Waals surface area contributed by atoms with Gasteiger partial charge in [-0.15, -0.1) is 0 Å². The Bertz CT molecular complexity index is 1410. The lowest BCUT2D eigenvalue weighted by Gasteiger charge is -2.25. The second-order valence-corrected chi connectivity index (χ2v) is 8.86. The van der Waals surface area contributed by atoms with Crippen LogP contribution in [0, 0.1) is 5.82 Å². The summed E-state index contributed by atoms with van der Waals surface area (Å²) in [7, 11) is 1.38. The van der Waals surface area contributed by atoms with Crippen LogP contribution in [0.5, 0.6) is 11.5 Å². The summed E-state index contributed by atoms with van der Waals surface area (Å²) in [5.41, 5.74) is 1.05. The van der Waals surface area contributed by atoms with Crippen molar-refractivity contribution in [3.63, 3.8) is 0 Å².